The lowest BCUT2D eigenvalue weighted by molar-refractivity contribution is 0.193. The number of benzene rings is 1. The lowest BCUT2D eigenvalue weighted by Crippen LogP contribution is -2.35. The van der Waals surface area contributed by atoms with Gasteiger partial charge >= 0.3 is 0 Å². The van der Waals surface area contributed by atoms with Gasteiger partial charge < -0.3 is 14.3 Å². The van der Waals surface area contributed by atoms with Gasteiger partial charge in [-0.15, -0.1) is 0 Å². The Kier molecular flexibility index (Phi) is 6.77. The minimum absolute atomic E-state index is 0.688. The fourth-order valence-corrected chi connectivity index (χ4v) is 3.42. The van der Waals surface area contributed by atoms with Crippen molar-refractivity contribution in [1.29, 1.82) is 0 Å². The lowest BCUT2D eigenvalue weighted by Gasteiger charge is -2.23. The second kappa shape index (κ2) is 9.26. The molecule has 0 saturated carbocycles. The van der Waals surface area contributed by atoms with Gasteiger partial charge in [-0.05, 0) is 25.6 Å². The van der Waals surface area contributed by atoms with Crippen LogP contribution in [-0.4, -0.2) is 77.2 Å². The summed E-state index contributed by atoms with van der Waals surface area (Å²) in [6.45, 7) is 16.0. The molecule has 3 rings (SSSR count). The number of aromatic nitrogens is 2. The van der Waals surface area contributed by atoms with Crippen molar-refractivity contribution in [3.8, 4) is 11.4 Å². The quantitative estimate of drug-likeness (QED) is 0.819. The monoisotopic (exact) mass is 357 g/mol. The van der Waals surface area contributed by atoms with Gasteiger partial charge in [0, 0.05) is 44.8 Å². The van der Waals surface area contributed by atoms with E-state index in [-0.39, 0.29) is 0 Å². The summed E-state index contributed by atoms with van der Waals surface area (Å²) in [5, 5.41) is 4.20. The van der Waals surface area contributed by atoms with E-state index in [1.165, 1.54) is 5.56 Å². The molecule has 0 unspecified atom stereocenters. The lowest BCUT2D eigenvalue weighted by atomic mass is 10.1. The highest BCUT2D eigenvalue weighted by molar-refractivity contribution is 5.58. The molecular weight excluding hydrogens is 326 g/mol. The second-order valence-corrected chi connectivity index (χ2v) is 6.97. The number of hydrogen-bond acceptors (Lipinski definition) is 6. The van der Waals surface area contributed by atoms with Crippen LogP contribution in [0.25, 0.3) is 11.4 Å². The van der Waals surface area contributed by atoms with Crippen molar-refractivity contribution in [3.05, 3.63) is 35.7 Å². The summed E-state index contributed by atoms with van der Waals surface area (Å²) >= 11 is 0. The van der Waals surface area contributed by atoms with Gasteiger partial charge in [-0.2, -0.15) is 4.98 Å². The number of likely N-dealkylation sites (N-methyl/N-ethyl adjacent to an activating group) is 2. The Balaban J connectivity index is 1.67. The minimum Gasteiger partial charge on any atom is -0.338 e. The van der Waals surface area contributed by atoms with Crippen molar-refractivity contribution in [2.45, 2.75) is 27.3 Å². The molecule has 1 saturated heterocycles. The first-order valence-corrected chi connectivity index (χ1v) is 9.75. The maximum atomic E-state index is 5.56. The SMILES string of the molecule is CCN1CCN(CC)CCN(Cc2nc(-c3ccccc3C)no2)CC1. The maximum absolute atomic E-state index is 5.56. The molecule has 1 aromatic heterocycles. The Hall–Kier alpha value is -1.76. The Morgan fingerprint density at radius 2 is 1.46 bits per heavy atom. The van der Waals surface area contributed by atoms with Crippen LogP contribution in [0.3, 0.4) is 0 Å². The Morgan fingerprint density at radius 3 is 2.04 bits per heavy atom. The third kappa shape index (κ3) is 4.90. The molecule has 0 radical (unpaired) electrons. The fraction of sp³-hybridized carbons (Fsp3) is 0.600. The van der Waals surface area contributed by atoms with Crippen molar-refractivity contribution in [1.82, 2.24) is 24.8 Å². The van der Waals surface area contributed by atoms with Gasteiger partial charge in [0.05, 0.1) is 6.54 Å². The predicted octanol–water partition coefficient (Wildman–Crippen LogP) is 2.50. The van der Waals surface area contributed by atoms with E-state index in [4.69, 9.17) is 4.52 Å². The van der Waals surface area contributed by atoms with Gasteiger partial charge in [0.2, 0.25) is 11.7 Å². The van der Waals surface area contributed by atoms with Crippen LogP contribution in [-0.2, 0) is 6.54 Å². The Bertz CT molecular complexity index is 670. The number of rotatable bonds is 5. The van der Waals surface area contributed by atoms with E-state index in [1.807, 2.05) is 18.2 Å². The van der Waals surface area contributed by atoms with Crippen LogP contribution in [0.15, 0.2) is 28.8 Å². The van der Waals surface area contributed by atoms with Crippen molar-refractivity contribution in [2.24, 2.45) is 0 Å². The molecular formula is C20H31N5O. The molecule has 0 bridgehead atoms. The van der Waals surface area contributed by atoms with Crippen LogP contribution in [0.4, 0.5) is 0 Å². The third-order valence-corrected chi connectivity index (χ3v) is 5.30. The molecule has 0 N–H and O–H groups in total. The largest absolute Gasteiger partial charge is 0.338 e. The van der Waals surface area contributed by atoms with Gasteiger partial charge in [0.1, 0.15) is 0 Å². The van der Waals surface area contributed by atoms with Gasteiger partial charge in [-0.3, -0.25) is 4.90 Å². The molecule has 0 spiro atoms. The summed E-state index contributed by atoms with van der Waals surface area (Å²) < 4.78 is 5.56. The zero-order valence-corrected chi connectivity index (χ0v) is 16.3. The summed E-state index contributed by atoms with van der Waals surface area (Å²) in [6, 6.07) is 8.16. The molecule has 2 heterocycles. The zero-order chi connectivity index (χ0) is 18.4. The summed E-state index contributed by atoms with van der Waals surface area (Å²) in [5.41, 5.74) is 2.21. The smallest absolute Gasteiger partial charge is 0.241 e. The molecule has 1 aliphatic heterocycles. The fourth-order valence-electron chi connectivity index (χ4n) is 3.42. The van der Waals surface area contributed by atoms with Gasteiger partial charge in [-0.25, -0.2) is 0 Å². The molecule has 0 amide bonds. The van der Waals surface area contributed by atoms with Gasteiger partial charge in [-0.1, -0.05) is 43.3 Å². The molecule has 1 aliphatic rings. The van der Waals surface area contributed by atoms with Crippen LogP contribution >= 0.6 is 0 Å². The van der Waals surface area contributed by atoms with E-state index in [2.05, 4.69) is 51.7 Å². The molecule has 0 atom stereocenters. The first-order valence-electron chi connectivity index (χ1n) is 9.75. The highest BCUT2D eigenvalue weighted by atomic mass is 16.5. The summed E-state index contributed by atoms with van der Waals surface area (Å²) in [6.07, 6.45) is 0. The van der Waals surface area contributed by atoms with Crippen LogP contribution in [0, 0.1) is 6.92 Å². The van der Waals surface area contributed by atoms with E-state index >= 15 is 0 Å². The molecule has 6 heteroatoms. The molecule has 1 fully saturated rings. The van der Waals surface area contributed by atoms with Crippen LogP contribution in [0.5, 0.6) is 0 Å². The van der Waals surface area contributed by atoms with E-state index in [0.29, 0.717) is 18.3 Å². The zero-order valence-electron chi connectivity index (χ0n) is 16.3. The Labute approximate surface area is 156 Å². The maximum Gasteiger partial charge on any atom is 0.241 e. The Morgan fingerprint density at radius 1 is 0.885 bits per heavy atom. The van der Waals surface area contributed by atoms with E-state index in [1.54, 1.807) is 0 Å². The molecule has 2 aromatic rings. The van der Waals surface area contributed by atoms with Crippen molar-refractivity contribution in [3.63, 3.8) is 0 Å². The normalized spacial score (nSPS) is 18.4. The highest BCUT2D eigenvalue weighted by Crippen LogP contribution is 2.20. The highest BCUT2D eigenvalue weighted by Gasteiger charge is 2.18. The number of hydrogen-bond donors (Lipinski definition) is 0. The third-order valence-electron chi connectivity index (χ3n) is 5.30. The van der Waals surface area contributed by atoms with E-state index in [0.717, 1.165) is 57.9 Å². The number of aryl methyl sites for hydroxylation is 1. The van der Waals surface area contributed by atoms with Crippen LogP contribution in [0.2, 0.25) is 0 Å². The molecule has 142 valence electrons. The van der Waals surface area contributed by atoms with Gasteiger partial charge in [0.25, 0.3) is 0 Å². The van der Waals surface area contributed by atoms with Gasteiger partial charge in [0.15, 0.2) is 0 Å². The summed E-state index contributed by atoms with van der Waals surface area (Å²) in [7, 11) is 0. The van der Waals surface area contributed by atoms with Crippen LogP contribution in [0.1, 0.15) is 25.3 Å². The molecule has 1 aromatic carbocycles. The van der Waals surface area contributed by atoms with Crippen molar-refractivity contribution >= 4 is 0 Å². The van der Waals surface area contributed by atoms with Crippen molar-refractivity contribution in [2.75, 3.05) is 52.4 Å². The second-order valence-electron chi connectivity index (χ2n) is 6.97. The minimum atomic E-state index is 0.688. The molecule has 26 heavy (non-hydrogen) atoms. The first-order chi connectivity index (χ1) is 12.7. The topological polar surface area (TPSA) is 48.6 Å². The standard InChI is InChI=1S/C20H31N5O/c1-4-23-10-11-24(5-2)13-15-25(14-12-23)16-19-21-20(22-26-19)18-9-7-6-8-17(18)3/h6-9H,4-5,10-16H2,1-3H3. The molecule has 0 aliphatic carbocycles. The predicted molar refractivity (Wildman–Crippen MR) is 104 cm³/mol. The first kappa shape index (κ1) is 19.0. The number of nitrogens with zero attached hydrogens (tertiary/aromatic N) is 5. The van der Waals surface area contributed by atoms with Crippen molar-refractivity contribution < 1.29 is 4.52 Å². The summed E-state index contributed by atoms with van der Waals surface area (Å²) in [5.74, 6) is 1.39. The summed E-state index contributed by atoms with van der Waals surface area (Å²) in [4.78, 5) is 12.1. The van der Waals surface area contributed by atoms with E-state index in [9.17, 15) is 0 Å². The average molecular weight is 358 g/mol. The van der Waals surface area contributed by atoms with E-state index < -0.39 is 0 Å². The molecule has 6 nitrogen and oxygen atoms in total. The van der Waals surface area contributed by atoms with Crippen LogP contribution < -0.4 is 0 Å². The average Bonchev–Trinajstić information content (AvgIpc) is 3.14.